The van der Waals surface area contributed by atoms with Crippen LogP contribution in [0.1, 0.15) is 24.6 Å². The molecule has 1 aromatic carbocycles. The van der Waals surface area contributed by atoms with E-state index in [1.54, 1.807) is 4.90 Å². The number of hydrogen-bond acceptors (Lipinski definition) is 6. The summed E-state index contributed by atoms with van der Waals surface area (Å²) in [6.45, 7) is 5.18. The van der Waals surface area contributed by atoms with Gasteiger partial charge in [-0.3, -0.25) is 14.9 Å². The van der Waals surface area contributed by atoms with Crippen LogP contribution in [0.5, 0.6) is 5.75 Å². The second-order valence-electron chi connectivity index (χ2n) is 6.52. The van der Waals surface area contributed by atoms with Crippen molar-refractivity contribution in [1.29, 1.82) is 0 Å². The third-order valence-corrected chi connectivity index (χ3v) is 5.63. The van der Waals surface area contributed by atoms with Crippen LogP contribution in [0.15, 0.2) is 18.2 Å². The lowest BCUT2D eigenvalue weighted by Gasteiger charge is -2.28. The number of thiazole rings is 1. The van der Waals surface area contributed by atoms with E-state index in [1.807, 2.05) is 32.0 Å². The van der Waals surface area contributed by atoms with Crippen molar-refractivity contribution in [2.24, 2.45) is 0 Å². The lowest BCUT2D eigenvalue weighted by Crippen LogP contribution is -2.38. The molecular formula is C19H21N3O4S. The summed E-state index contributed by atoms with van der Waals surface area (Å²) in [6, 6.07) is 5.71. The van der Waals surface area contributed by atoms with Crippen molar-refractivity contribution in [3.05, 3.63) is 23.1 Å². The highest BCUT2D eigenvalue weighted by Crippen LogP contribution is 2.38. The van der Waals surface area contributed by atoms with Gasteiger partial charge in [-0.1, -0.05) is 0 Å². The SMILES string of the molecule is CCN1C(=O)COc2ccc(-c3nc(NC(=O)C4CCCO4)sc3C)cc21. The molecule has 2 aliphatic rings. The number of anilines is 2. The fourth-order valence-corrected chi connectivity index (χ4v) is 4.22. The average molecular weight is 387 g/mol. The molecular weight excluding hydrogens is 366 g/mol. The van der Waals surface area contributed by atoms with Crippen LogP contribution in [0.25, 0.3) is 11.3 Å². The number of ether oxygens (including phenoxy) is 2. The number of fused-ring (bicyclic) bond motifs is 1. The van der Waals surface area contributed by atoms with Gasteiger partial charge in [0, 0.05) is 23.6 Å². The van der Waals surface area contributed by atoms with Crippen molar-refractivity contribution in [2.45, 2.75) is 32.8 Å². The van der Waals surface area contributed by atoms with E-state index in [0.717, 1.165) is 34.7 Å². The van der Waals surface area contributed by atoms with Crippen molar-refractivity contribution in [3.63, 3.8) is 0 Å². The zero-order valence-corrected chi connectivity index (χ0v) is 16.1. The molecule has 2 aromatic rings. The van der Waals surface area contributed by atoms with Gasteiger partial charge >= 0.3 is 0 Å². The summed E-state index contributed by atoms with van der Waals surface area (Å²) in [5.74, 6) is 0.496. The van der Waals surface area contributed by atoms with Gasteiger partial charge in [-0.2, -0.15) is 0 Å². The molecule has 8 heteroatoms. The Bertz CT molecular complexity index is 889. The van der Waals surface area contributed by atoms with Crippen LogP contribution in [0.4, 0.5) is 10.8 Å². The molecule has 1 N–H and O–H groups in total. The Kier molecular flexibility index (Phi) is 4.84. The van der Waals surface area contributed by atoms with Crippen LogP contribution in [0, 0.1) is 6.92 Å². The molecule has 0 bridgehead atoms. The summed E-state index contributed by atoms with van der Waals surface area (Å²) in [5.41, 5.74) is 2.43. The van der Waals surface area contributed by atoms with Gasteiger partial charge < -0.3 is 14.4 Å². The second kappa shape index (κ2) is 7.28. The number of rotatable bonds is 4. The van der Waals surface area contributed by atoms with E-state index >= 15 is 0 Å². The standard InChI is InChI=1S/C19H21N3O4S/c1-3-22-13-9-12(6-7-14(13)26-10-16(22)23)17-11(2)27-19(20-17)21-18(24)15-5-4-8-25-15/h6-7,9,15H,3-5,8,10H2,1-2H3,(H,20,21,24). The van der Waals surface area contributed by atoms with E-state index < -0.39 is 0 Å². The number of amides is 2. The van der Waals surface area contributed by atoms with Gasteiger partial charge in [0.15, 0.2) is 11.7 Å². The lowest BCUT2D eigenvalue weighted by molar-refractivity contribution is -0.124. The van der Waals surface area contributed by atoms with Gasteiger partial charge in [-0.15, -0.1) is 11.3 Å². The number of benzene rings is 1. The highest BCUT2D eigenvalue weighted by atomic mass is 32.1. The average Bonchev–Trinajstić information content (AvgIpc) is 3.31. The van der Waals surface area contributed by atoms with Crippen LogP contribution < -0.4 is 15.0 Å². The van der Waals surface area contributed by atoms with Gasteiger partial charge in [0.05, 0.1) is 11.4 Å². The molecule has 4 rings (SSSR count). The Labute approximate surface area is 161 Å². The summed E-state index contributed by atoms with van der Waals surface area (Å²) in [4.78, 5) is 31.6. The quantitative estimate of drug-likeness (QED) is 0.872. The van der Waals surface area contributed by atoms with E-state index in [1.165, 1.54) is 11.3 Å². The van der Waals surface area contributed by atoms with Gasteiger partial charge in [0.2, 0.25) is 0 Å². The molecule has 27 heavy (non-hydrogen) atoms. The first-order valence-corrected chi connectivity index (χ1v) is 9.86. The van der Waals surface area contributed by atoms with Crippen LogP contribution >= 0.6 is 11.3 Å². The molecule has 2 amide bonds. The second-order valence-corrected chi connectivity index (χ2v) is 7.73. The van der Waals surface area contributed by atoms with Gasteiger partial charge in [-0.05, 0) is 44.9 Å². The highest BCUT2D eigenvalue weighted by Gasteiger charge is 2.26. The fourth-order valence-electron chi connectivity index (χ4n) is 3.38. The number of hydrogen-bond donors (Lipinski definition) is 1. The molecule has 142 valence electrons. The van der Waals surface area contributed by atoms with Crippen molar-refractivity contribution >= 4 is 34.0 Å². The number of nitrogens with one attached hydrogen (secondary N) is 1. The third-order valence-electron chi connectivity index (χ3n) is 4.74. The van der Waals surface area contributed by atoms with Gasteiger partial charge in [0.25, 0.3) is 11.8 Å². The maximum absolute atomic E-state index is 12.3. The zero-order chi connectivity index (χ0) is 19.0. The lowest BCUT2D eigenvalue weighted by atomic mass is 10.1. The summed E-state index contributed by atoms with van der Waals surface area (Å²) in [7, 11) is 0. The van der Waals surface area contributed by atoms with E-state index in [-0.39, 0.29) is 24.5 Å². The molecule has 1 saturated heterocycles. The predicted molar refractivity (Wildman–Crippen MR) is 103 cm³/mol. The summed E-state index contributed by atoms with van der Waals surface area (Å²) in [5, 5.41) is 3.41. The molecule has 0 radical (unpaired) electrons. The first kappa shape index (κ1) is 17.9. The molecule has 2 aliphatic heterocycles. The first-order valence-electron chi connectivity index (χ1n) is 9.04. The minimum absolute atomic E-state index is 0.0540. The van der Waals surface area contributed by atoms with Crippen LogP contribution in [-0.4, -0.2) is 42.7 Å². The molecule has 3 heterocycles. The van der Waals surface area contributed by atoms with Crippen molar-refractivity contribution in [1.82, 2.24) is 4.98 Å². The van der Waals surface area contributed by atoms with Crippen molar-refractivity contribution < 1.29 is 19.1 Å². The third kappa shape index (κ3) is 3.42. The molecule has 1 fully saturated rings. The number of carbonyl (C=O) groups excluding carboxylic acids is 2. The molecule has 1 atom stereocenters. The van der Waals surface area contributed by atoms with Crippen LogP contribution in [0.2, 0.25) is 0 Å². The number of aryl methyl sites for hydroxylation is 1. The Hall–Kier alpha value is -2.45. The van der Waals surface area contributed by atoms with Crippen LogP contribution in [0.3, 0.4) is 0 Å². The summed E-state index contributed by atoms with van der Waals surface area (Å²) < 4.78 is 10.9. The zero-order valence-electron chi connectivity index (χ0n) is 15.3. The van der Waals surface area contributed by atoms with E-state index in [4.69, 9.17) is 9.47 Å². The Morgan fingerprint density at radius 1 is 1.44 bits per heavy atom. The summed E-state index contributed by atoms with van der Waals surface area (Å²) >= 11 is 1.43. The first-order chi connectivity index (χ1) is 13.1. The normalized spacial score (nSPS) is 19.0. The smallest absolute Gasteiger partial charge is 0.265 e. The number of carbonyl (C=O) groups is 2. The maximum Gasteiger partial charge on any atom is 0.265 e. The molecule has 1 unspecified atom stereocenters. The highest BCUT2D eigenvalue weighted by molar-refractivity contribution is 7.16. The van der Waals surface area contributed by atoms with Gasteiger partial charge in [0.1, 0.15) is 11.9 Å². The Morgan fingerprint density at radius 3 is 3.04 bits per heavy atom. The minimum Gasteiger partial charge on any atom is -0.482 e. The van der Waals surface area contributed by atoms with Gasteiger partial charge in [-0.25, -0.2) is 4.98 Å². The number of likely N-dealkylation sites (N-methyl/N-ethyl adjacent to an activating group) is 1. The molecule has 1 aromatic heterocycles. The van der Waals surface area contributed by atoms with Crippen LogP contribution in [-0.2, 0) is 14.3 Å². The van der Waals surface area contributed by atoms with Crippen molar-refractivity contribution in [3.8, 4) is 17.0 Å². The Balaban J connectivity index is 1.60. The monoisotopic (exact) mass is 387 g/mol. The minimum atomic E-state index is -0.386. The number of nitrogens with zero attached hydrogens (tertiary/aromatic N) is 2. The topological polar surface area (TPSA) is 80.8 Å². The molecule has 0 saturated carbocycles. The van der Waals surface area contributed by atoms with Crippen molar-refractivity contribution in [2.75, 3.05) is 30.0 Å². The molecule has 0 aliphatic carbocycles. The molecule has 7 nitrogen and oxygen atoms in total. The maximum atomic E-state index is 12.3. The summed E-state index contributed by atoms with van der Waals surface area (Å²) in [6.07, 6.45) is 1.27. The van der Waals surface area contributed by atoms with E-state index in [0.29, 0.717) is 24.0 Å². The molecule has 0 spiro atoms. The largest absolute Gasteiger partial charge is 0.482 e. The van der Waals surface area contributed by atoms with E-state index in [2.05, 4.69) is 10.3 Å². The predicted octanol–water partition coefficient (Wildman–Crippen LogP) is 2.98. The van der Waals surface area contributed by atoms with E-state index in [9.17, 15) is 9.59 Å². The Morgan fingerprint density at radius 2 is 2.30 bits per heavy atom. The number of aromatic nitrogens is 1. The fraction of sp³-hybridized carbons (Fsp3) is 0.421.